The molecule has 212 valence electrons. The fourth-order valence-electron chi connectivity index (χ4n) is 5.58. The number of piperidine rings is 1. The predicted octanol–water partition coefficient (Wildman–Crippen LogP) is 6.14. The van der Waals surface area contributed by atoms with E-state index in [2.05, 4.69) is 4.90 Å². The van der Waals surface area contributed by atoms with Gasteiger partial charge in [0.1, 0.15) is 23.9 Å². The van der Waals surface area contributed by atoms with Crippen molar-refractivity contribution in [3.05, 3.63) is 89.0 Å². The van der Waals surface area contributed by atoms with Gasteiger partial charge in [-0.25, -0.2) is 0 Å². The van der Waals surface area contributed by atoms with Crippen molar-refractivity contribution < 1.29 is 28.6 Å². The summed E-state index contributed by atoms with van der Waals surface area (Å²) < 4.78 is 16.6. The molecule has 0 atom stereocenters. The molecule has 0 radical (unpaired) electrons. The zero-order valence-corrected chi connectivity index (χ0v) is 23.6. The summed E-state index contributed by atoms with van der Waals surface area (Å²) in [5.41, 5.74) is 4.56. The number of rotatable bonds is 9. The van der Waals surface area contributed by atoms with Crippen molar-refractivity contribution in [2.45, 2.75) is 46.0 Å². The smallest absolute Gasteiger partial charge is 0.308 e. The number of Topliss-reactive ketones (excluding diaryl/α,β-unsaturated/α-hetero) is 1. The van der Waals surface area contributed by atoms with Crippen LogP contribution in [0.25, 0.3) is 11.1 Å². The Kier molecular flexibility index (Phi) is 8.95. The van der Waals surface area contributed by atoms with Gasteiger partial charge in [0.25, 0.3) is 0 Å². The second kappa shape index (κ2) is 13.0. The number of ether oxygens (including phenoxy) is 3. The lowest BCUT2D eigenvalue weighted by molar-refractivity contribution is -0.132. The number of carbonyl (C=O) groups excluding carboxylic acids is 3. The van der Waals surface area contributed by atoms with Gasteiger partial charge in [-0.2, -0.15) is 0 Å². The zero-order chi connectivity index (χ0) is 28.8. The first-order valence-corrected chi connectivity index (χ1v) is 14.2. The van der Waals surface area contributed by atoms with Gasteiger partial charge in [-0.3, -0.25) is 19.3 Å². The molecule has 1 heterocycles. The molecule has 5 rings (SSSR count). The summed E-state index contributed by atoms with van der Waals surface area (Å²) in [5.74, 6) is 0.702. The van der Waals surface area contributed by atoms with E-state index in [4.69, 9.17) is 14.2 Å². The number of carbonyl (C=O) groups is 3. The molecule has 1 fully saturated rings. The average Bonchev–Trinajstić information content (AvgIpc) is 2.96. The lowest BCUT2D eigenvalue weighted by Crippen LogP contribution is -2.33. The minimum Gasteiger partial charge on any atom is -0.492 e. The van der Waals surface area contributed by atoms with Crippen LogP contribution < -0.4 is 14.2 Å². The summed E-state index contributed by atoms with van der Waals surface area (Å²) in [4.78, 5) is 39.6. The van der Waals surface area contributed by atoms with E-state index >= 15 is 0 Å². The molecule has 3 aromatic carbocycles. The summed E-state index contributed by atoms with van der Waals surface area (Å²) >= 11 is 0. The Morgan fingerprint density at radius 1 is 0.756 bits per heavy atom. The van der Waals surface area contributed by atoms with Crippen molar-refractivity contribution in [3.8, 4) is 17.2 Å². The summed E-state index contributed by atoms with van der Waals surface area (Å²) in [5, 5.41) is 0. The highest BCUT2D eigenvalue weighted by Gasteiger charge is 2.27. The quantitative estimate of drug-likeness (QED) is 0.179. The zero-order valence-electron chi connectivity index (χ0n) is 23.6. The number of benzene rings is 3. The van der Waals surface area contributed by atoms with Crippen molar-refractivity contribution in [2.24, 2.45) is 0 Å². The number of aryl methyl sites for hydroxylation is 1. The van der Waals surface area contributed by atoms with E-state index in [0.29, 0.717) is 42.1 Å². The number of hydrogen-bond acceptors (Lipinski definition) is 7. The monoisotopic (exact) mass is 553 g/mol. The third-order valence-corrected chi connectivity index (χ3v) is 7.47. The molecule has 1 aliphatic carbocycles. The Labute approximate surface area is 240 Å². The minimum atomic E-state index is -0.405. The highest BCUT2D eigenvalue weighted by molar-refractivity contribution is 6.35. The second-order valence-corrected chi connectivity index (χ2v) is 10.5. The molecule has 0 spiro atoms. The molecule has 0 amide bonds. The predicted molar refractivity (Wildman–Crippen MR) is 157 cm³/mol. The lowest BCUT2D eigenvalue weighted by atomic mass is 9.79. The van der Waals surface area contributed by atoms with Crippen LogP contribution in [-0.2, 0) is 16.0 Å². The first-order valence-electron chi connectivity index (χ1n) is 14.2. The maximum Gasteiger partial charge on any atom is 0.308 e. The topological polar surface area (TPSA) is 82.1 Å². The van der Waals surface area contributed by atoms with E-state index in [-0.39, 0.29) is 5.78 Å². The second-order valence-electron chi connectivity index (χ2n) is 10.5. The molecule has 2 aliphatic rings. The highest BCUT2D eigenvalue weighted by atomic mass is 16.5. The Morgan fingerprint density at radius 2 is 1.44 bits per heavy atom. The van der Waals surface area contributed by atoms with Crippen molar-refractivity contribution in [1.29, 1.82) is 0 Å². The van der Waals surface area contributed by atoms with Gasteiger partial charge in [0, 0.05) is 31.5 Å². The first-order chi connectivity index (χ1) is 19.9. The van der Waals surface area contributed by atoms with Gasteiger partial charge in [-0.05, 0) is 110 Å². The standard InChI is InChI=1S/C34H35NO6/c1-23(36)40-29-8-6-7-26(21-29)31-15-11-27-22-30(41-24(2)37)14-16-32(27)33(31)34(38)25-9-12-28(13-10-25)39-20-19-35-17-4-3-5-18-35/h6-10,12-14,16,21-22H,3-5,11,15,17-20H2,1-2H3. The van der Waals surface area contributed by atoms with Crippen LogP contribution >= 0.6 is 0 Å². The fraction of sp³-hybridized carbons (Fsp3) is 0.324. The van der Waals surface area contributed by atoms with Gasteiger partial charge < -0.3 is 14.2 Å². The van der Waals surface area contributed by atoms with E-state index < -0.39 is 11.9 Å². The molecule has 41 heavy (non-hydrogen) atoms. The molecule has 0 N–H and O–H groups in total. The summed E-state index contributed by atoms with van der Waals surface area (Å²) in [6.45, 7) is 6.49. The van der Waals surface area contributed by atoms with Crippen LogP contribution in [-0.4, -0.2) is 48.9 Å². The molecule has 1 aliphatic heterocycles. The maximum absolute atomic E-state index is 14.1. The van der Waals surface area contributed by atoms with Gasteiger partial charge in [-0.1, -0.05) is 24.6 Å². The van der Waals surface area contributed by atoms with Gasteiger partial charge >= 0.3 is 11.9 Å². The fourth-order valence-corrected chi connectivity index (χ4v) is 5.58. The third-order valence-electron chi connectivity index (χ3n) is 7.47. The van der Waals surface area contributed by atoms with E-state index in [9.17, 15) is 14.4 Å². The largest absolute Gasteiger partial charge is 0.492 e. The molecule has 1 saturated heterocycles. The average molecular weight is 554 g/mol. The molecule has 0 bridgehead atoms. The Bertz CT molecular complexity index is 1470. The third kappa shape index (κ3) is 7.11. The first kappa shape index (κ1) is 28.3. The molecule has 0 saturated carbocycles. The molecule has 0 aromatic heterocycles. The van der Waals surface area contributed by atoms with Crippen molar-refractivity contribution in [3.63, 3.8) is 0 Å². The summed E-state index contributed by atoms with van der Waals surface area (Å²) in [7, 11) is 0. The van der Waals surface area contributed by atoms with Crippen molar-refractivity contribution in [2.75, 3.05) is 26.2 Å². The molecular weight excluding hydrogens is 518 g/mol. The molecule has 7 nitrogen and oxygen atoms in total. The number of hydrogen-bond donors (Lipinski definition) is 0. The van der Waals surface area contributed by atoms with Gasteiger partial charge in [-0.15, -0.1) is 0 Å². The van der Waals surface area contributed by atoms with Crippen LogP contribution in [0.4, 0.5) is 0 Å². The van der Waals surface area contributed by atoms with E-state index in [1.54, 1.807) is 30.3 Å². The molecule has 3 aromatic rings. The molecular formula is C34H35NO6. The SMILES string of the molecule is CC(=O)Oc1cccc(C2=C(C(=O)c3ccc(OCCN4CCCCC4)cc3)c3ccc(OC(C)=O)cc3CC2)c1. The number of ketones is 1. The van der Waals surface area contributed by atoms with Crippen LogP contribution in [0.5, 0.6) is 17.2 Å². The molecule has 7 heteroatoms. The normalized spacial score (nSPS) is 15.2. The van der Waals surface area contributed by atoms with Crippen LogP contribution in [0, 0.1) is 0 Å². The van der Waals surface area contributed by atoms with Gasteiger partial charge in [0.15, 0.2) is 5.78 Å². The van der Waals surface area contributed by atoms with Crippen LogP contribution in [0.3, 0.4) is 0 Å². The summed E-state index contributed by atoms with van der Waals surface area (Å²) in [6.07, 6.45) is 5.06. The van der Waals surface area contributed by atoms with E-state index in [1.165, 1.54) is 33.1 Å². The number of fused-ring (bicyclic) bond motifs is 1. The highest BCUT2D eigenvalue weighted by Crippen LogP contribution is 2.41. The van der Waals surface area contributed by atoms with Crippen LogP contribution in [0.15, 0.2) is 66.7 Å². The van der Waals surface area contributed by atoms with E-state index in [1.807, 2.05) is 36.4 Å². The number of allylic oxidation sites excluding steroid dienone is 2. The number of likely N-dealkylation sites (tertiary alicyclic amines) is 1. The van der Waals surface area contributed by atoms with Gasteiger partial charge in [0.2, 0.25) is 0 Å². The van der Waals surface area contributed by atoms with Crippen molar-refractivity contribution >= 4 is 28.9 Å². The lowest BCUT2D eigenvalue weighted by Gasteiger charge is -2.26. The Hall–Kier alpha value is -4.23. The van der Waals surface area contributed by atoms with Crippen molar-refractivity contribution in [1.82, 2.24) is 4.90 Å². The van der Waals surface area contributed by atoms with Gasteiger partial charge in [0.05, 0.1) is 0 Å². The Morgan fingerprint density at radius 3 is 2.15 bits per heavy atom. The number of nitrogens with zero attached hydrogens (tertiary/aromatic N) is 1. The van der Waals surface area contributed by atoms with Crippen LogP contribution in [0.1, 0.15) is 66.6 Å². The molecule has 0 unspecified atom stereocenters. The maximum atomic E-state index is 14.1. The van der Waals surface area contributed by atoms with Crippen LogP contribution in [0.2, 0.25) is 0 Å². The van der Waals surface area contributed by atoms with E-state index in [0.717, 1.165) is 47.6 Å². The summed E-state index contributed by atoms with van der Waals surface area (Å²) in [6, 6.07) is 19.9. The number of esters is 2. The Balaban J connectivity index is 1.44. The minimum absolute atomic E-state index is 0.112.